The quantitative estimate of drug-likeness (QED) is 0.915. The lowest BCUT2D eigenvalue weighted by Crippen LogP contribution is -2.31. The third-order valence-electron chi connectivity index (χ3n) is 4.69. The molecule has 4 rings (SSSR count). The maximum Gasteiger partial charge on any atom is 0.187 e. The molecule has 2 atom stereocenters. The highest BCUT2D eigenvalue weighted by Gasteiger charge is 2.40. The summed E-state index contributed by atoms with van der Waals surface area (Å²) < 4.78 is 16.7. The largest absolute Gasteiger partial charge is 0.493 e. The van der Waals surface area contributed by atoms with E-state index in [1.807, 2.05) is 12.1 Å². The summed E-state index contributed by atoms with van der Waals surface area (Å²) in [5, 5.41) is 4.51. The van der Waals surface area contributed by atoms with Gasteiger partial charge in [0.15, 0.2) is 11.5 Å². The highest BCUT2D eigenvalue weighted by molar-refractivity contribution is 5.94. The zero-order valence-electron chi connectivity index (χ0n) is 13.4. The van der Waals surface area contributed by atoms with Crippen LogP contribution >= 0.6 is 0 Å². The Labute approximate surface area is 135 Å². The first kappa shape index (κ1) is 14.5. The average molecular weight is 315 g/mol. The van der Waals surface area contributed by atoms with Crippen LogP contribution in [0, 0.1) is 5.92 Å². The molecule has 0 spiro atoms. The van der Waals surface area contributed by atoms with Crippen molar-refractivity contribution in [2.24, 2.45) is 5.92 Å². The minimum absolute atomic E-state index is 0.306. The van der Waals surface area contributed by atoms with Crippen LogP contribution in [0.3, 0.4) is 0 Å². The number of fused-ring (bicyclic) bond motifs is 1. The standard InChI is InChI=1S/C17H21N3O3/c1-21-13-6-5-11-14(16(13)22-2)18-9-19-17(11)20-12-7-8-23-15(12)10-3-4-10/h5-6,9-10,12,15H,3-4,7-8H2,1-2H3,(H,18,19,20)/t12-,15?/m1/s1. The Morgan fingerprint density at radius 3 is 2.74 bits per heavy atom. The molecule has 0 amide bonds. The fourth-order valence-corrected chi connectivity index (χ4v) is 3.39. The first-order valence-corrected chi connectivity index (χ1v) is 8.05. The average Bonchev–Trinajstić information content (AvgIpc) is 3.33. The highest BCUT2D eigenvalue weighted by Crippen LogP contribution is 2.41. The number of aromatic nitrogens is 2. The van der Waals surface area contributed by atoms with Gasteiger partial charge in [-0.3, -0.25) is 0 Å². The summed E-state index contributed by atoms with van der Waals surface area (Å²) >= 11 is 0. The van der Waals surface area contributed by atoms with Crippen molar-refractivity contribution < 1.29 is 14.2 Å². The van der Waals surface area contributed by atoms with Crippen LogP contribution in [0.5, 0.6) is 11.5 Å². The van der Waals surface area contributed by atoms with Gasteiger partial charge in [0.1, 0.15) is 17.7 Å². The van der Waals surface area contributed by atoms with Crippen LogP contribution in [-0.4, -0.2) is 42.9 Å². The lowest BCUT2D eigenvalue weighted by molar-refractivity contribution is 0.0898. The normalized spacial score (nSPS) is 23.9. The number of benzene rings is 1. The predicted molar refractivity (Wildman–Crippen MR) is 87.1 cm³/mol. The van der Waals surface area contributed by atoms with E-state index in [0.717, 1.165) is 29.7 Å². The number of anilines is 1. The molecule has 1 unspecified atom stereocenters. The van der Waals surface area contributed by atoms with Crippen LogP contribution in [0.1, 0.15) is 19.3 Å². The number of methoxy groups -OCH3 is 2. The SMILES string of the molecule is COc1ccc2c(N[C@@H]3CCOC3C3CC3)ncnc2c1OC. The lowest BCUT2D eigenvalue weighted by atomic mass is 10.1. The number of nitrogens with zero attached hydrogens (tertiary/aromatic N) is 2. The molecular formula is C17H21N3O3. The summed E-state index contributed by atoms with van der Waals surface area (Å²) in [6, 6.07) is 4.17. The van der Waals surface area contributed by atoms with Gasteiger partial charge in [-0.2, -0.15) is 0 Å². The van der Waals surface area contributed by atoms with Crippen LogP contribution in [0.4, 0.5) is 5.82 Å². The Morgan fingerprint density at radius 1 is 1.13 bits per heavy atom. The van der Waals surface area contributed by atoms with E-state index in [0.29, 0.717) is 29.6 Å². The van der Waals surface area contributed by atoms with E-state index >= 15 is 0 Å². The Hall–Kier alpha value is -2.08. The second-order valence-electron chi connectivity index (χ2n) is 6.13. The van der Waals surface area contributed by atoms with Crippen molar-refractivity contribution in [3.8, 4) is 11.5 Å². The number of nitrogens with one attached hydrogen (secondary N) is 1. The topological polar surface area (TPSA) is 65.5 Å². The molecule has 23 heavy (non-hydrogen) atoms. The maximum absolute atomic E-state index is 5.90. The Morgan fingerprint density at radius 2 is 2.00 bits per heavy atom. The van der Waals surface area contributed by atoms with E-state index < -0.39 is 0 Å². The Balaban J connectivity index is 1.69. The molecule has 1 saturated carbocycles. The monoisotopic (exact) mass is 315 g/mol. The maximum atomic E-state index is 5.90. The molecule has 2 aliphatic rings. The molecule has 1 aliphatic heterocycles. The number of hydrogen-bond donors (Lipinski definition) is 1. The van der Waals surface area contributed by atoms with Crippen molar-refractivity contribution in [3.05, 3.63) is 18.5 Å². The van der Waals surface area contributed by atoms with Gasteiger partial charge in [0.2, 0.25) is 0 Å². The molecule has 2 aromatic rings. The van der Waals surface area contributed by atoms with Gasteiger partial charge in [-0.1, -0.05) is 0 Å². The molecule has 2 heterocycles. The van der Waals surface area contributed by atoms with E-state index in [2.05, 4.69) is 15.3 Å². The molecule has 0 radical (unpaired) electrons. The van der Waals surface area contributed by atoms with Gasteiger partial charge in [-0.15, -0.1) is 0 Å². The molecule has 1 aliphatic carbocycles. The molecule has 6 nitrogen and oxygen atoms in total. The molecule has 1 N–H and O–H groups in total. The van der Waals surface area contributed by atoms with E-state index in [4.69, 9.17) is 14.2 Å². The predicted octanol–water partition coefficient (Wildman–Crippen LogP) is 2.63. The summed E-state index contributed by atoms with van der Waals surface area (Å²) in [7, 11) is 3.25. The molecule has 6 heteroatoms. The number of hydrogen-bond acceptors (Lipinski definition) is 6. The number of ether oxygens (including phenoxy) is 3. The van der Waals surface area contributed by atoms with Gasteiger partial charge in [0.05, 0.1) is 26.4 Å². The zero-order valence-corrected chi connectivity index (χ0v) is 13.4. The first-order chi connectivity index (χ1) is 11.3. The van der Waals surface area contributed by atoms with E-state index in [1.54, 1.807) is 20.5 Å². The molecule has 1 saturated heterocycles. The summed E-state index contributed by atoms with van der Waals surface area (Å²) in [4.78, 5) is 8.82. The number of rotatable bonds is 5. The summed E-state index contributed by atoms with van der Waals surface area (Å²) in [5.41, 5.74) is 0.756. The fourth-order valence-electron chi connectivity index (χ4n) is 3.39. The minimum atomic E-state index is 0.306. The van der Waals surface area contributed by atoms with Gasteiger partial charge in [-0.05, 0) is 37.3 Å². The van der Waals surface area contributed by atoms with Crippen LogP contribution in [0.15, 0.2) is 18.5 Å². The van der Waals surface area contributed by atoms with Crippen LogP contribution < -0.4 is 14.8 Å². The Kier molecular flexibility index (Phi) is 3.69. The van der Waals surface area contributed by atoms with E-state index in [9.17, 15) is 0 Å². The summed E-state index contributed by atoms with van der Waals surface area (Å²) in [5.74, 6) is 2.84. The van der Waals surface area contributed by atoms with Crippen molar-refractivity contribution in [2.75, 3.05) is 26.1 Å². The van der Waals surface area contributed by atoms with Crippen molar-refractivity contribution in [2.45, 2.75) is 31.4 Å². The molecule has 0 bridgehead atoms. The van der Waals surface area contributed by atoms with Gasteiger partial charge < -0.3 is 19.5 Å². The lowest BCUT2D eigenvalue weighted by Gasteiger charge is -2.21. The van der Waals surface area contributed by atoms with Gasteiger partial charge >= 0.3 is 0 Å². The smallest absolute Gasteiger partial charge is 0.187 e. The fraction of sp³-hybridized carbons (Fsp3) is 0.529. The second kappa shape index (κ2) is 5.85. The van der Waals surface area contributed by atoms with Crippen LogP contribution in [-0.2, 0) is 4.74 Å². The second-order valence-corrected chi connectivity index (χ2v) is 6.13. The Bertz CT molecular complexity index is 718. The molecule has 122 valence electrons. The third-order valence-corrected chi connectivity index (χ3v) is 4.69. The summed E-state index contributed by atoms with van der Waals surface area (Å²) in [6.07, 6.45) is 5.44. The van der Waals surface area contributed by atoms with Gasteiger partial charge in [0.25, 0.3) is 0 Å². The third kappa shape index (κ3) is 2.57. The van der Waals surface area contributed by atoms with Crippen molar-refractivity contribution >= 4 is 16.7 Å². The van der Waals surface area contributed by atoms with Crippen molar-refractivity contribution in [1.82, 2.24) is 9.97 Å². The molecule has 1 aromatic carbocycles. The summed E-state index contributed by atoms with van der Waals surface area (Å²) in [6.45, 7) is 0.818. The minimum Gasteiger partial charge on any atom is -0.493 e. The van der Waals surface area contributed by atoms with Gasteiger partial charge in [-0.25, -0.2) is 9.97 Å². The van der Waals surface area contributed by atoms with E-state index in [1.165, 1.54) is 12.8 Å². The van der Waals surface area contributed by atoms with Crippen molar-refractivity contribution in [1.29, 1.82) is 0 Å². The van der Waals surface area contributed by atoms with Gasteiger partial charge in [0, 0.05) is 12.0 Å². The highest BCUT2D eigenvalue weighted by atomic mass is 16.5. The molecule has 1 aromatic heterocycles. The van der Waals surface area contributed by atoms with Crippen molar-refractivity contribution in [3.63, 3.8) is 0 Å². The zero-order chi connectivity index (χ0) is 15.8. The van der Waals surface area contributed by atoms with Crippen LogP contribution in [0.25, 0.3) is 10.9 Å². The molecule has 2 fully saturated rings. The van der Waals surface area contributed by atoms with E-state index in [-0.39, 0.29) is 0 Å². The van der Waals surface area contributed by atoms with Crippen LogP contribution in [0.2, 0.25) is 0 Å². The molecular weight excluding hydrogens is 294 g/mol. The first-order valence-electron chi connectivity index (χ1n) is 8.05.